The molecule has 0 bridgehead atoms. The number of benzene rings is 2. The minimum atomic E-state index is -3.48. The van der Waals surface area contributed by atoms with E-state index in [1.807, 2.05) is 13.8 Å². The highest BCUT2D eigenvalue weighted by Crippen LogP contribution is 2.40. The van der Waals surface area contributed by atoms with Crippen molar-refractivity contribution >= 4 is 17.4 Å². The van der Waals surface area contributed by atoms with Crippen LogP contribution in [0.15, 0.2) is 40.9 Å². The van der Waals surface area contributed by atoms with Gasteiger partial charge < -0.3 is 19.3 Å². The second kappa shape index (κ2) is 9.09. The number of carbonyl (C=O) groups is 2. The van der Waals surface area contributed by atoms with Gasteiger partial charge in [-0.05, 0) is 43.2 Å². The third kappa shape index (κ3) is 5.16. The van der Waals surface area contributed by atoms with Crippen molar-refractivity contribution in [3.63, 3.8) is 0 Å². The van der Waals surface area contributed by atoms with Crippen LogP contribution in [0.3, 0.4) is 0 Å². The fraction of sp³-hybridized carbons (Fsp3) is 0.360. The van der Waals surface area contributed by atoms with Crippen LogP contribution in [-0.2, 0) is 4.79 Å². The van der Waals surface area contributed by atoms with Crippen LogP contribution in [-0.4, -0.2) is 33.5 Å². The highest BCUT2D eigenvalue weighted by Gasteiger charge is 2.38. The van der Waals surface area contributed by atoms with Crippen molar-refractivity contribution in [2.45, 2.75) is 58.7 Å². The van der Waals surface area contributed by atoms with Crippen LogP contribution in [0.1, 0.15) is 57.3 Å². The fourth-order valence-electron chi connectivity index (χ4n) is 3.99. The van der Waals surface area contributed by atoms with Crippen LogP contribution < -0.4 is 14.8 Å². The summed E-state index contributed by atoms with van der Waals surface area (Å²) in [5, 5.41) is 6.43. The Bertz CT molecular complexity index is 1280. The molecule has 1 amide bonds. The van der Waals surface area contributed by atoms with Gasteiger partial charge in [-0.25, -0.2) is 0 Å². The lowest BCUT2D eigenvalue weighted by Crippen LogP contribution is -2.40. The Balaban J connectivity index is 1.68. The summed E-state index contributed by atoms with van der Waals surface area (Å²) in [4.78, 5) is 28.5. The molecule has 8 nitrogen and oxygen atoms in total. The molecular weight excluding hydrogens is 460 g/mol. The molecule has 0 atom stereocenters. The van der Waals surface area contributed by atoms with E-state index in [9.17, 15) is 18.4 Å². The number of alkyl halides is 2. The van der Waals surface area contributed by atoms with E-state index >= 15 is 0 Å². The molecule has 0 spiro atoms. The number of rotatable bonds is 7. The lowest BCUT2D eigenvalue weighted by Gasteiger charge is -2.36. The number of aromatic nitrogens is 2. The zero-order chi connectivity index (χ0) is 25.4. The molecule has 2 heterocycles. The maximum atomic E-state index is 13.7. The van der Waals surface area contributed by atoms with Gasteiger partial charge in [0.25, 0.3) is 5.89 Å². The highest BCUT2D eigenvalue weighted by molar-refractivity contribution is 6.01. The van der Waals surface area contributed by atoms with Gasteiger partial charge in [-0.1, -0.05) is 19.0 Å². The van der Waals surface area contributed by atoms with Crippen LogP contribution in [0.4, 0.5) is 14.5 Å². The monoisotopic (exact) mass is 485 g/mol. The molecule has 10 heteroatoms. The van der Waals surface area contributed by atoms with Gasteiger partial charge in [0.2, 0.25) is 11.7 Å². The van der Waals surface area contributed by atoms with E-state index in [1.54, 1.807) is 18.2 Å². The quantitative estimate of drug-likeness (QED) is 0.446. The van der Waals surface area contributed by atoms with E-state index in [2.05, 4.69) is 15.5 Å². The Kier molecular flexibility index (Phi) is 6.31. The molecule has 1 aromatic heterocycles. The van der Waals surface area contributed by atoms with Gasteiger partial charge in [0.15, 0.2) is 5.78 Å². The topological polar surface area (TPSA) is 104 Å². The molecule has 1 aliphatic rings. The van der Waals surface area contributed by atoms with E-state index in [0.717, 1.165) is 0 Å². The highest BCUT2D eigenvalue weighted by atomic mass is 19.3. The summed E-state index contributed by atoms with van der Waals surface area (Å²) in [5.74, 6) is -0.0345. The molecule has 0 saturated heterocycles. The van der Waals surface area contributed by atoms with Gasteiger partial charge in [0.05, 0.1) is 17.5 Å². The summed E-state index contributed by atoms with van der Waals surface area (Å²) in [5.41, 5.74) is 0.813. The van der Waals surface area contributed by atoms with Crippen molar-refractivity contribution in [3.05, 3.63) is 42.0 Å². The van der Waals surface area contributed by atoms with Crippen LogP contribution in [0.5, 0.6) is 11.5 Å². The molecule has 3 aromatic rings. The van der Waals surface area contributed by atoms with Crippen LogP contribution in [0, 0.1) is 0 Å². The van der Waals surface area contributed by atoms with Crippen molar-refractivity contribution < 1.29 is 32.4 Å². The number of hydrogen-bond donors (Lipinski definition) is 1. The zero-order valence-corrected chi connectivity index (χ0v) is 19.8. The fourth-order valence-corrected chi connectivity index (χ4v) is 3.99. The molecular formula is C25H25F2N3O5. The molecule has 0 saturated carbocycles. The van der Waals surface area contributed by atoms with E-state index in [1.165, 1.54) is 25.1 Å². The predicted octanol–water partition coefficient (Wildman–Crippen LogP) is 5.88. The maximum Gasteiger partial charge on any atom is 0.394 e. The Labute approximate surface area is 200 Å². The number of amides is 1. The molecule has 0 radical (unpaired) electrons. The SMILES string of the molecule is CCC1(CC)CC(=O)c2cc(-c3nc(-c4ccc(NC(C)=O)cc4OC(C)(F)F)no3)ccc2O1. The number of ketones is 1. The van der Waals surface area contributed by atoms with Crippen molar-refractivity contribution in [1.29, 1.82) is 0 Å². The Morgan fingerprint density at radius 1 is 1.17 bits per heavy atom. The first-order chi connectivity index (χ1) is 16.5. The number of fused-ring (bicyclic) bond motifs is 1. The number of hydrogen-bond acceptors (Lipinski definition) is 7. The van der Waals surface area contributed by atoms with Gasteiger partial charge in [-0.15, -0.1) is 0 Å². The van der Waals surface area contributed by atoms with E-state index < -0.39 is 11.7 Å². The van der Waals surface area contributed by atoms with Gasteiger partial charge in [-0.3, -0.25) is 9.59 Å². The maximum absolute atomic E-state index is 13.7. The zero-order valence-electron chi connectivity index (χ0n) is 19.8. The first-order valence-electron chi connectivity index (χ1n) is 11.2. The number of anilines is 1. The summed E-state index contributed by atoms with van der Waals surface area (Å²) < 4.78 is 43.6. The number of carbonyl (C=O) groups excluding carboxylic acids is 2. The van der Waals surface area contributed by atoms with E-state index in [-0.39, 0.29) is 46.8 Å². The van der Waals surface area contributed by atoms with E-state index in [4.69, 9.17) is 14.0 Å². The normalized spacial score (nSPS) is 14.7. The van der Waals surface area contributed by atoms with Crippen LogP contribution in [0.2, 0.25) is 0 Å². The summed E-state index contributed by atoms with van der Waals surface area (Å²) in [6.07, 6.45) is -1.78. The predicted molar refractivity (Wildman–Crippen MR) is 124 cm³/mol. The second-order valence-electron chi connectivity index (χ2n) is 8.53. The average molecular weight is 485 g/mol. The lowest BCUT2D eigenvalue weighted by atomic mass is 9.85. The second-order valence-corrected chi connectivity index (χ2v) is 8.53. The molecule has 2 aromatic carbocycles. The smallest absolute Gasteiger partial charge is 0.394 e. The van der Waals surface area contributed by atoms with Crippen molar-refractivity contribution in [2.24, 2.45) is 0 Å². The molecule has 1 N–H and O–H groups in total. The molecule has 0 fully saturated rings. The number of nitrogens with zero attached hydrogens (tertiary/aromatic N) is 2. The number of halogens is 2. The van der Waals surface area contributed by atoms with Crippen LogP contribution in [0.25, 0.3) is 22.8 Å². The number of ether oxygens (including phenoxy) is 2. The summed E-state index contributed by atoms with van der Waals surface area (Å²) >= 11 is 0. The lowest BCUT2D eigenvalue weighted by molar-refractivity contribution is -0.158. The molecule has 35 heavy (non-hydrogen) atoms. The third-order valence-corrected chi connectivity index (χ3v) is 5.88. The van der Waals surface area contributed by atoms with Gasteiger partial charge >= 0.3 is 6.11 Å². The van der Waals surface area contributed by atoms with Crippen molar-refractivity contribution in [2.75, 3.05) is 5.32 Å². The van der Waals surface area contributed by atoms with Crippen LogP contribution >= 0.6 is 0 Å². The summed E-state index contributed by atoms with van der Waals surface area (Å²) in [6, 6.07) is 9.23. The number of nitrogens with one attached hydrogen (secondary N) is 1. The molecule has 1 aliphatic heterocycles. The Hall–Kier alpha value is -3.82. The number of Topliss-reactive ketones (excluding diaryl/α,β-unsaturated/α-hetero) is 1. The van der Waals surface area contributed by atoms with Crippen molar-refractivity contribution in [1.82, 2.24) is 10.1 Å². The van der Waals surface area contributed by atoms with Gasteiger partial charge in [0.1, 0.15) is 17.1 Å². The molecule has 184 valence electrons. The summed E-state index contributed by atoms with van der Waals surface area (Å²) in [7, 11) is 0. The summed E-state index contributed by atoms with van der Waals surface area (Å²) in [6.45, 7) is 5.88. The van der Waals surface area contributed by atoms with Gasteiger partial charge in [0, 0.05) is 31.2 Å². The minimum absolute atomic E-state index is 0.00454. The third-order valence-electron chi connectivity index (χ3n) is 5.88. The molecule has 4 rings (SSSR count). The Morgan fingerprint density at radius 2 is 1.91 bits per heavy atom. The average Bonchev–Trinajstić information content (AvgIpc) is 3.27. The van der Waals surface area contributed by atoms with E-state index in [0.29, 0.717) is 36.6 Å². The first kappa shape index (κ1) is 24.3. The molecule has 0 unspecified atom stereocenters. The standard InChI is InChI=1S/C25H25F2N3O5/c1-5-25(6-2)13-19(32)18-11-15(7-10-20(18)34-25)23-29-22(30-35-23)17-9-8-16(28-14(3)31)12-21(17)33-24(4,26)27/h7-12H,5-6,13H2,1-4H3,(H,28,31). The Morgan fingerprint density at radius 3 is 2.57 bits per heavy atom. The molecule has 0 aliphatic carbocycles. The first-order valence-corrected chi connectivity index (χ1v) is 11.2. The van der Waals surface area contributed by atoms with Crippen molar-refractivity contribution in [3.8, 4) is 34.3 Å². The largest absolute Gasteiger partial charge is 0.486 e. The minimum Gasteiger partial charge on any atom is -0.486 e. The van der Waals surface area contributed by atoms with Gasteiger partial charge in [-0.2, -0.15) is 13.8 Å².